The Bertz CT molecular complexity index is 2120. The molecule has 0 spiro atoms. The van der Waals surface area contributed by atoms with Crippen molar-refractivity contribution in [3.05, 3.63) is 165 Å². The first-order chi connectivity index (χ1) is 26.6. The zero-order chi connectivity index (χ0) is 39.2. The number of esters is 2. The number of benzene rings is 5. The van der Waals surface area contributed by atoms with Crippen LogP contribution in [-0.4, -0.2) is 55.3 Å². The van der Waals surface area contributed by atoms with Crippen LogP contribution in [0.1, 0.15) is 37.4 Å². The van der Waals surface area contributed by atoms with Gasteiger partial charge in [0.15, 0.2) is 0 Å². The van der Waals surface area contributed by atoms with Gasteiger partial charge in [0.2, 0.25) is 0 Å². The molecule has 55 heavy (non-hydrogen) atoms. The molecule has 2 N–H and O–H groups in total. The maximum atomic E-state index is 13.2. The van der Waals surface area contributed by atoms with Crippen molar-refractivity contribution >= 4 is 47.9 Å². The van der Waals surface area contributed by atoms with Gasteiger partial charge < -0.3 is 18.9 Å². The molecule has 0 aromatic heterocycles. The summed E-state index contributed by atoms with van der Waals surface area (Å²) in [7, 11) is 3.04. The highest BCUT2D eigenvalue weighted by Gasteiger charge is 2.19. The van der Waals surface area contributed by atoms with Gasteiger partial charge in [0.1, 0.15) is 28.6 Å². The van der Waals surface area contributed by atoms with Crippen molar-refractivity contribution in [1.82, 2.24) is 10.9 Å². The molecule has 0 atom stereocenters. The van der Waals surface area contributed by atoms with Gasteiger partial charge in [-0.05, 0) is 132 Å². The van der Waals surface area contributed by atoms with E-state index in [1.54, 1.807) is 97.1 Å². The van der Waals surface area contributed by atoms with Crippen molar-refractivity contribution in [2.45, 2.75) is 0 Å². The molecule has 15 heteroatoms. The highest BCUT2D eigenvalue weighted by molar-refractivity contribution is 6.21. The third-order valence-corrected chi connectivity index (χ3v) is 7.50. The fourth-order valence-electron chi connectivity index (χ4n) is 4.57. The predicted octanol–water partition coefficient (Wildman–Crippen LogP) is 5.73. The Kier molecular flexibility index (Phi) is 12.9. The number of nitro benzene ring substituents is 1. The number of hydrazone groups is 2. The van der Waals surface area contributed by atoms with Gasteiger partial charge in [-0.15, -0.1) is 0 Å². The SMILES string of the molecule is COc1ccc(C(=O)Oc2ccc(C=NNC(=O)C(=Cc3ccc([N+](=O)[O-])cc3)C(=O)NN=Cc3ccc(OC(=O)c4ccc(OC)cc4)cc3)cc2)cc1. The molecule has 276 valence electrons. The fourth-order valence-corrected chi connectivity index (χ4v) is 4.57. The van der Waals surface area contributed by atoms with Crippen LogP contribution in [0.4, 0.5) is 5.69 Å². The largest absolute Gasteiger partial charge is 0.497 e. The highest BCUT2D eigenvalue weighted by atomic mass is 16.6. The second-order valence-corrected chi connectivity index (χ2v) is 11.2. The van der Waals surface area contributed by atoms with E-state index in [1.165, 1.54) is 57.0 Å². The lowest BCUT2D eigenvalue weighted by Gasteiger charge is -2.06. The van der Waals surface area contributed by atoms with Crippen molar-refractivity contribution in [3.63, 3.8) is 0 Å². The van der Waals surface area contributed by atoms with Crippen LogP contribution in [0.2, 0.25) is 0 Å². The summed E-state index contributed by atoms with van der Waals surface area (Å²) >= 11 is 0. The second-order valence-electron chi connectivity index (χ2n) is 11.2. The molecule has 0 fully saturated rings. The summed E-state index contributed by atoms with van der Waals surface area (Å²) in [6.45, 7) is 0. The van der Waals surface area contributed by atoms with E-state index < -0.39 is 34.2 Å². The molecule has 0 bridgehead atoms. The number of carbonyl (C=O) groups excluding carboxylic acids is 4. The number of nitro groups is 1. The predicted molar refractivity (Wildman–Crippen MR) is 201 cm³/mol. The van der Waals surface area contributed by atoms with Gasteiger partial charge in [0.25, 0.3) is 17.5 Å². The molecule has 0 aliphatic rings. The molecule has 0 radical (unpaired) electrons. The average molecular weight is 742 g/mol. The average Bonchev–Trinajstić information content (AvgIpc) is 3.21. The molecule has 5 aromatic rings. The zero-order valence-corrected chi connectivity index (χ0v) is 29.2. The Morgan fingerprint density at radius 3 is 1.27 bits per heavy atom. The van der Waals surface area contributed by atoms with Crippen LogP contribution in [-0.2, 0) is 9.59 Å². The van der Waals surface area contributed by atoms with Gasteiger partial charge in [0.05, 0.1) is 42.7 Å². The smallest absolute Gasteiger partial charge is 0.343 e. The Labute approximate surface area is 313 Å². The third kappa shape index (κ3) is 11.0. The number of hydrogen-bond acceptors (Lipinski definition) is 12. The molecule has 5 rings (SSSR count). The highest BCUT2D eigenvalue weighted by Crippen LogP contribution is 2.19. The number of hydrogen-bond donors (Lipinski definition) is 2. The van der Waals surface area contributed by atoms with E-state index in [2.05, 4.69) is 21.1 Å². The minimum Gasteiger partial charge on any atom is -0.497 e. The van der Waals surface area contributed by atoms with Gasteiger partial charge in [-0.1, -0.05) is 0 Å². The van der Waals surface area contributed by atoms with Crippen LogP contribution in [0.15, 0.2) is 137 Å². The van der Waals surface area contributed by atoms with Crippen LogP contribution in [0, 0.1) is 10.1 Å². The number of rotatable bonds is 14. The van der Waals surface area contributed by atoms with Crippen molar-refractivity contribution in [1.29, 1.82) is 0 Å². The number of carbonyl (C=O) groups is 4. The van der Waals surface area contributed by atoms with E-state index in [9.17, 15) is 29.3 Å². The van der Waals surface area contributed by atoms with Gasteiger partial charge in [-0.2, -0.15) is 10.2 Å². The van der Waals surface area contributed by atoms with E-state index in [0.29, 0.717) is 39.3 Å². The van der Waals surface area contributed by atoms with Crippen molar-refractivity contribution in [2.75, 3.05) is 14.2 Å². The minimum atomic E-state index is -0.907. The lowest BCUT2D eigenvalue weighted by Crippen LogP contribution is -2.30. The van der Waals surface area contributed by atoms with Crippen molar-refractivity contribution < 1.29 is 43.0 Å². The third-order valence-electron chi connectivity index (χ3n) is 7.50. The summed E-state index contributed by atoms with van der Waals surface area (Å²) in [5.74, 6) is -1.19. The molecule has 0 saturated heterocycles. The normalized spacial score (nSPS) is 10.7. The minimum absolute atomic E-state index is 0.176. The fraction of sp³-hybridized carbons (Fsp3) is 0.0500. The van der Waals surface area contributed by atoms with E-state index in [1.807, 2.05) is 0 Å². The number of non-ortho nitro benzene ring substituents is 1. The molecule has 15 nitrogen and oxygen atoms in total. The first kappa shape index (κ1) is 38.3. The van der Waals surface area contributed by atoms with Gasteiger partial charge in [-0.3, -0.25) is 19.7 Å². The molecule has 2 amide bonds. The monoisotopic (exact) mass is 741 g/mol. The van der Waals surface area contributed by atoms with Gasteiger partial charge >= 0.3 is 11.9 Å². The zero-order valence-electron chi connectivity index (χ0n) is 29.2. The van der Waals surface area contributed by atoms with Crippen LogP contribution >= 0.6 is 0 Å². The lowest BCUT2D eigenvalue weighted by molar-refractivity contribution is -0.384. The molecule has 0 aliphatic carbocycles. The van der Waals surface area contributed by atoms with Crippen LogP contribution in [0.25, 0.3) is 6.08 Å². The van der Waals surface area contributed by atoms with Crippen molar-refractivity contribution in [2.24, 2.45) is 10.2 Å². The quantitative estimate of drug-likeness (QED) is 0.0207. The summed E-state index contributed by atoms with van der Waals surface area (Å²) < 4.78 is 21.0. The standard InChI is InChI=1S/C40H31N5O10/c1-52-32-19-9-29(10-20-32)39(48)54-34-15-5-27(6-16-34)24-41-43-37(46)36(23-26-3-13-31(14-4-26)45(50)51)38(47)44-42-25-28-7-17-35(18-8-28)55-40(49)30-11-21-33(53-2)22-12-30/h3-25H,1-2H3,(H,43,46)(H,44,47). The lowest BCUT2D eigenvalue weighted by atomic mass is 10.1. The molecular formula is C40H31N5O10. The van der Waals surface area contributed by atoms with E-state index in [4.69, 9.17) is 18.9 Å². The Morgan fingerprint density at radius 2 is 0.909 bits per heavy atom. The molecule has 0 saturated carbocycles. The first-order valence-electron chi connectivity index (χ1n) is 16.2. The summed E-state index contributed by atoms with van der Waals surface area (Å²) in [6.07, 6.45) is 3.84. The maximum Gasteiger partial charge on any atom is 0.343 e. The van der Waals surface area contributed by atoms with E-state index in [-0.39, 0.29) is 17.2 Å². The van der Waals surface area contributed by atoms with Crippen LogP contribution < -0.4 is 29.8 Å². The van der Waals surface area contributed by atoms with Gasteiger partial charge in [-0.25, -0.2) is 20.4 Å². The van der Waals surface area contributed by atoms with Crippen LogP contribution in [0.5, 0.6) is 23.0 Å². The topological polar surface area (TPSA) is 197 Å². The van der Waals surface area contributed by atoms with E-state index in [0.717, 1.165) is 0 Å². The summed E-state index contributed by atoms with van der Waals surface area (Å²) in [5.41, 5.74) is 6.03. The Hall–Kier alpha value is -7.94. The second kappa shape index (κ2) is 18.5. The van der Waals surface area contributed by atoms with Gasteiger partial charge in [0, 0.05) is 12.1 Å². The summed E-state index contributed by atoms with van der Waals surface area (Å²) in [5, 5.41) is 18.9. The van der Waals surface area contributed by atoms with E-state index >= 15 is 0 Å². The number of amides is 2. The Morgan fingerprint density at radius 1 is 0.545 bits per heavy atom. The molecule has 0 aliphatic heterocycles. The molecule has 0 unspecified atom stereocenters. The summed E-state index contributed by atoms with van der Waals surface area (Å²) in [6, 6.07) is 30.6. The number of ether oxygens (including phenoxy) is 4. The number of methoxy groups -OCH3 is 2. The maximum absolute atomic E-state index is 13.2. The molecule has 0 heterocycles. The first-order valence-corrected chi connectivity index (χ1v) is 16.2. The summed E-state index contributed by atoms with van der Waals surface area (Å²) in [4.78, 5) is 61.8. The van der Waals surface area contributed by atoms with Crippen LogP contribution in [0.3, 0.4) is 0 Å². The number of nitrogens with zero attached hydrogens (tertiary/aromatic N) is 3. The Balaban J connectivity index is 1.21. The molecular weight excluding hydrogens is 710 g/mol. The number of nitrogens with one attached hydrogen (secondary N) is 2. The van der Waals surface area contributed by atoms with Crippen molar-refractivity contribution in [3.8, 4) is 23.0 Å². The molecule has 5 aromatic carbocycles.